The number of nitrogens with two attached hydrogens (primary N) is 1. The number of nitrogens with one attached hydrogen (secondary N) is 1. The average molecular weight is 337 g/mol. The van der Waals surface area contributed by atoms with Crippen molar-refractivity contribution < 1.29 is 8.42 Å². The zero-order valence-corrected chi connectivity index (χ0v) is 14.1. The van der Waals surface area contributed by atoms with Gasteiger partial charge in [-0.2, -0.15) is 0 Å². The van der Waals surface area contributed by atoms with Gasteiger partial charge in [-0.1, -0.05) is 31.4 Å². The second-order valence-corrected chi connectivity index (χ2v) is 7.46. The Hall–Kier alpha value is -0.270. The van der Waals surface area contributed by atoms with Crippen LogP contribution in [0.2, 0.25) is 5.02 Å². The van der Waals surface area contributed by atoms with Crippen LogP contribution in [0.3, 0.4) is 0 Å². The van der Waals surface area contributed by atoms with Crippen LogP contribution in [0.5, 0.6) is 0 Å². The van der Waals surface area contributed by atoms with Crippen molar-refractivity contribution in [3.63, 3.8) is 0 Å². The van der Waals surface area contributed by atoms with Crippen molar-refractivity contribution in [1.82, 2.24) is 4.72 Å². The Labute approximate surface area is 130 Å². The molecule has 114 valence electrons. The van der Waals surface area contributed by atoms with Gasteiger partial charge in [0.1, 0.15) is 0 Å². The summed E-state index contributed by atoms with van der Waals surface area (Å²) in [6, 6.07) is 4.51. The molecule has 0 bridgehead atoms. The normalized spacial score (nSPS) is 13.4. The molecule has 0 saturated heterocycles. The summed E-state index contributed by atoms with van der Waals surface area (Å²) in [4.78, 5) is 1.03. The van der Waals surface area contributed by atoms with Crippen molar-refractivity contribution in [3.8, 4) is 0 Å². The molecule has 1 unspecified atom stereocenters. The summed E-state index contributed by atoms with van der Waals surface area (Å²) in [5.74, 6) is 0. The molecule has 0 radical (unpaired) electrons. The van der Waals surface area contributed by atoms with Crippen LogP contribution in [0.25, 0.3) is 0 Å². The fourth-order valence-corrected chi connectivity index (χ4v) is 4.02. The Kier molecular flexibility index (Phi) is 7.33. The lowest BCUT2D eigenvalue weighted by molar-refractivity contribution is 0.516. The number of rotatable bonds is 8. The van der Waals surface area contributed by atoms with Gasteiger partial charge in [0.25, 0.3) is 0 Å². The summed E-state index contributed by atoms with van der Waals surface area (Å²) < 4.78 is 27.2. The Morgan fingerprint density at radius 3 is 2.65 bits per heavy atom. The highest BCUT2D eigenvalue weighted by Crippen LogP contribution is 2.27. The number of halogens is 1. The van der Waals surface area contributed by atoms with Gasteiger partial charge in [-0.25, -0.2) is 13.1 Å². The minimum Gasteiger partial charge on any atom is -0.329 e. The Morgan fingerprint density at radius 1 is 1.45 bits per heavy atom. The number of hydrogen-bond donors (Lipinski definition) is 2. The maximum absolute atomic E-state index is 12.3. The largest absolute Gasteiger partial charge is 0.329 e. The van der Waals surface area contributed by atoms with Gasteiger partial charge >= 0.3 is 0 Å². The molecule has 0 aliphatic heterocycles. The lowest BCUT2D eigenvalue weighted by Crippen LogP contribution is -2.40. The van der Waals surface area contributed by atoms with E-state index in [1.165, 1.54) is 17.8 Å². The van der Waals surface area contributed by atoms with Gasteiger partial charge in [-0.15, -0.1) is 11.8 Å². The molecule has 0 aliphatic rings. The molecule has 0 amide bonds. The van der Waals surface area contributed by atoms with Gasteiger partial charge in [-0.05, 0) is 30.9 Å². The number of benzene rings is 1. The van der Waals surface area contributed by atoms with E-state index in [2.05, 4.69) is 11.6 Å². The highest BCUT2D eigenvalue weighted by molar-refractivity contribution is 7.98. The molecule has 1 rings (SSSR count). The molecule has 4 nitrogen and oxygen atoms in total. The molecular weight excluding hydrogens is 316 g/mol. The fraction of sp³-hybridized carbons (Fsp3) is 0.538. The predicted molar refractivity (Wildman–Crippen MR) is 85.9 cm³/mol. The van der Waals surface area contributed by atoms with E-state index >= 15 is 0 Å². The van der Waals surface area contributed by atoms with Crippen LogP contribution in [0.1, 0.15) is 26.2 Å². The molecule has 0 aliphatic carbocycles. The quantitative estimate of drug-likeness (QED) is 0.716. The maximum Gasteiger partial charge on any atom is 0.240 e. The zero-order chi connectivity index (χ0) is 15.2. The van der Waals surface area contributed by atoms with Crippen molar-refractivity contribution in [2.24, 2.45) is 5.73 Å². The lowest BCUT2D eigenvalue weighted by Gasteiger charge is -2.17. The third-order valence-electron chi connectivity index (χ3n) is 2.95. The predicted octanol–water partition coefficient (Wildman–Crippen LogP) is 2.86. The van der Waals surface area contributed by atoms with Gasteiger partial charge in [0.15, 0.2) is 0 Å². The molecule has 0 aromatic heterocycles. The molecular formula is C13H21ClN2O2S2. The zero-order valence-electron chi connectivity index (χ0n) is 11.7. The Morgan fingerprint density at radius 2 is 2.15 bits per heavy atom. The first-order valence-electron chi connectivity index (χ1n) is 6.50. The molecule has 0 spiro atoms. The second kappa shape index (κ2) is 8.24. The van der Waals surface area contributed by atoms with E-state index in [9.17, 15) is 8.42 Å². The molecule has 0 fully saturated rings. The SMILES string of the molecule is CCCCC(CN)NS(=O)(=O)c1ccc(SC)c(Cl)c1. The summed E-state index contributed by atoms with van der Waals surface area (Å²) in [6.45, 7) is 2.35. The molecule has 3 N–H and O–H groups in total. The number of thioether (sulfide) groups is 1. The van der Waals surface area contributed by atoms with Crippen molar-refractivity contribution >= 4 is 33.4 Å². The van der Waals surface area contributed by atoms with E-state index < -0.39 is 10.0 Å². The topological polar surface area (TPSA) is 72.2 Å². The summed E-state index contributed by atoms with van der Waals surface area (Å²) in [7, 11) is -3.57. The minimum atomic E-state index is -3.57. The highest BCUT2D eigenvalue weighted by atomic mass is 35.5. The molecule has 20 heavy (non-hydrogen) atoms. The maximum atomic E-state index is 12.3. The van der Waals surface area contributed by atoms with Crippen LogP contribution in [0.4, 0.5) is 0 Å². The van der Waals surface area contributed by atoms with Crippen molar-refractivity contribution in [1.29, 1.82) is 0 Å². The summed E-state index contributed by atoms with van der Waals surface area (Å²) >= 11 is 7.53. The van der Waals surface area contributed by atoms with Crippen LogP contribution in [-0.2, 0) is 10.0 Å². The van der Waals surface area contributed by atoms with Crippen molar-refractivity contribution in [2.45, 2.75) is 42.0 Å². The number of sulfonamides is 1. The summed E-state index contributed by atoms with van der Waals surface area (Å²) in [5.41, 5.74) is 5.62. The second-order valence-electron chi connectivity index (χ2n) is 4.49. The van der Waals surface area contributed by atoms with E-state index in [-0.39, 0.29) is 17.5 Å². The molecule has 1 atom stereocenters. The first-order chi connectivity index (χ1) is 9.44. The summed E-state index contributed by atoms with van der Waals surface area (Å²) in [6.07, 6.45) is 4.58. The van der Waals surface area contributed by atoms with Gasteiger partial charge in [-0.3, -0.25) is 0 Å². The number of unbranched alkanes of at least 4 members (excludes halogenated alkanes) is 1. The average Bonchev–Trinajstić information content (AvgIpc) is 2.43. The molecule has 7 heteroatoms. The monoisotopic (exact) mass is 336 g/mol. The first-order valence-corrected chi connectivity index (χ1v) is 9.59. The van der Waals surface area contributed by atoms with Crippen LogP contribution in [-0.4, -0.2) is 27.3 Å². The summed E-state index contributed by atoms with van der Waals surface area (Å²) in [5, 5.41) is 0.443. The molecule has 1 aromatic carbocycles. The van der Waals surface area contributed by atoms with Crippen LogP contribution in [0, 0.1) is 0 Å². The van der Waals surface area contributed by atoms with Crippen LogP contribution in [0.15, 0.2) is 28.0 Å². The van der Waals surface area contributed by atoms with E-state index in [1.54, 1.807) is 12.1 Å². The third-order valence-corrected chi connectivity index (χ3v) is 5.68. The van der Waals surface area contributed by atoms with Gasteiger partial charge < -0.3 is 5.73 Å². The molecule has 0 saturated carbocycles. The first kappa shape index (κ1) is 17.8. The van der Waals surface area contributed by atoms with Gasteiger partial charge in [0.2, 0.25) is 10.0 Å². The van der Waals surface area contributed by atoms with Crippen molar-refractivity contribution in [2.75, 3.05) is 12.8 Å². The van der Waals surface area contributed by atoms with E-state index in [0.717, 1.165) is 24.2 Å². The van der Waals surface area contributed by atoms with E-state index in [4.69, 9.17) is 17.3 Å². The van der Waals surface area contributed by atoms with Crippen LogP contribution >= 0.6 is 23.4 Å². The van der Waals surface area contributed by atoms with Crippen molar-refractivity contribution in [3.05, 3.63) is 23.2 Å². The lowest BCUT2D eigenvalue weighted by atomic mass is 10.1. The standard InChI is InChI=1S/C13H21ClN2O2S2/c1-3-4-5-10(9-15)16-20(17,18)11-6-7-13(19-2)12(14)8-11/h6-8,10,16H,3-5,9,15H2,1-2H3. The third kappa shape index (κ3) is 4.93. The smallest absolute Gasteiger partial charge is 0.240 e. The van der Waals surface area contributed by atoms with E-state index in [0.29, 0.717) is 5.02 Å². The van der Waals surface area contributed by atoms with Gasteiger partial charge in [0, 0.05) is 17.5 Å². The van der Waals surface area contributed by atoms with E-state index in [1.807, 2.05) is 6.26 Å². The Balaban J connectivity index is 2.90. The number of hydrogen-bond acceptors (Lipinski definition) is 4. The Bertz CT molecular complexity index is 535. The highest BCUT2D eigenvalue weighted by Gasteiger charge is 2.19. The molecule has 1 aromatic rings. The minimum absolute atomic E-state index is 0.176. The fourth-order valence-electron chi connectivity index (χ4n) is 1.78. The van der Waals surface area contributed by atoms with Gasteiger partial charge in [0.05, 0.1) is 9.92 Å². The van der Waals surface area contributed by atoms with Crippen LogP contribution < -0.4 is 10.5 Å². The molecule has 0 heterocycles.